The first-order valence-electron chi connectivity index (χ1n) is 8.93. The molecule has 3 rings (SSSR count). The van der Waals surface area contributed by atoms with Crippen molar-refractivity contribution >= 4 is 29.3 Å². The van der Waals surface area contributed by atoms with Gasteiger partial charge in [-0.25, -0.2) is 10.3 Å². The Morgan fingerprint density at radius 3 is 2.31 bits per heavy atom. The van der Waals surface area contributed by atoms with Gasteiger partial charge in [0.2, 0.25) is 0 Å². The molecule has 29 heavy (non-hydrogen) atoms. The van der Waals surface area contributed by atoms with Crippen molar-refractivity contribution in [2.75, 3.05) is 5.48 Å². The molecule has 144 valence electrons. The van der Waals surface area contributed by atoms with Crippen LogP contribution in [0.1, 0.15) is 21.5 Å². The number of amides is 1. The molecule has 6 nitrogen and oxygen atoms in total. The number of anilines is 1. The van der Waals surface area contributed by atoms with E-state index in [1.807, 2.05) is 49.4 Å². The van der Waals surface area contributed by atoms with Crippen molar-refractivity contribution in [2.45, 2.75) is 6.92 Å². The lowest BCUT2D eigenvalue weighted by Crippen LogP contribution is -2.07. The first-order chi connectivity index (χ1) is 14.1. The summed E-state index contributed by atoms with van der Waals surface area (Å²) >= 11 is 0. The van der Waals surface area contributed by atoms with Crippen LogP contribution >= 0.6 is 0 Å². The van der Waals surface area contributed by atoms with E-state index < -0.39 is 11.9 Å². The number of carbonyl (C=O) groups is 2. The fourth-order valence-corrected chi connectivity index (χ4v) is 2.44. The molecule has 1 amide bonds. The summed E-state index contributed by atoms with van der Waals surface area (Å²) in [6, 6.07) is 23.3. The molecule has 0 spiro atoms. The maximum absolute atomic E-state index is 12.1. The first kappa shape index (κ1) is 19.7. The van der Waals surface area contributed by atoms with Gasteiger partial charge in [-0.1, -0.05) is 48.5 Å². The highest BCUT2D eigenvalue weighted by molar-refractivity contribution is 5.96. The van der Waals surface area contributed by atoms with Crippen LogP contribution in [0.15, 0.2) is 95.2 Å². The zero-order valence-electron chi connectivity index (χ0n) is 15.8. The number of carbonyl (C=O) groups excluding carboxylic acids is 2. The van der Waals surface area contributed by atoms with Crippen LogP contribution < -0.4 is 5.48 Å². The number of azo groups is 1. The van der Waals surface area contributed by atoms with E-state index in [1.165, 1.54) is 6.08 Å². The normalized spacial score (nSPS) is 10.9. The third-order valence-electron chi connectivity index (χ3n) is 3.98. The van der Waals surface area contributed by atoms with Crippen molar-refractivity contribution < 1.29 is 14.4 Å². The van der Waals surface area contributed by atoms with Crippen molar-refractivity contribution in [3.63, 3.8) is 0 Å². The molecule has 3 aromatic rings. The Balaban J connectivity index is 1.52. The fraction of sp³-hybridized carbons (Fsp3) is 0.0435. The zero-order valence-corrected chi connectivity index (χ0v) is 15.8. The van der Waals surface area contributed by atoms with E-state index in [0.717, 1.165) is 11.1 Å². The molecule has 6 heteroatoms. The molecule has 0 aromatic heterocycles. The predicted octanol–water partition coefficient (Wildman–Crippen LogP) is 5.50. The molecule has 0 aliphatic rings. The van der Waals surface area contributed by atoms with Crippen LogP contribution in [0.3, 0.4) is 0 Å². The summed E-state index contributed by atoms with van der Waals surface area (Å²) in [7, 11) is 0. The van der Waals surface area contributed by atoms with Crippen molar-refractivity contribution in [3.8, 4) is 0 Å². The van der Waals surface area contributed by atoms with E-state index in [4.69, 9.17) is 4.84 Å². The van der Waals surface area contributed by atoms with Crippen molar-refractivity contribution in [1.29, 1.82) is 0 Å². The van der Waals surface area contributed by atoms with Gasteiger partial charge in [0.25, 0.3) is 5.91 Å². The monoisotopic (exact) mass is 385 g/mol. The molecule has 1 N–H and O–H groups in total. The third kappa shape index (κ3) is 5.97. The van der Waals surface area contributed by atoms with Gasteiger partial charge in [0.1, 0.15) is 0 Å². The van der Waals surface area contributed by atoms with Crippen LogP contribution in [0.5, 0.6) is 0 Å². The predicted molar refractivity (Wildman–Crippen MR) is 112 cm³/mol. The summed E-state index contributed by atoms with van der Waals surface area (Å²) in [6.45, 7) is 1.85. The van der Waals surface area contributed by atoms with Crippen LogP contribution in [0.4, 0.5) is 11.4 Å². The Hall–Kier alpha value is -4.06. The molecule has 3 aromatic carbocycles. The minimum absolute atomic E-state index is 0.399. The van der Waals surface area contributed by atoms with Crippen LogP contribution in [0.2, 0.25) is 0 Å². The molecule has 0 bridgehead atoms. The van der Waals surface area contributed by atoms with Crippen LogP contribution in [0.25, 0.3) is 6.08 Å². The third-order valence-corrected chi connectivity index (χ3v) is 3.98. The molecular formula is C23H19N3O3. The van der Waals surface area contributed by atoms with E-state index in [9.17, 15) is 9.59 Å². The fourth-order valence-electron chi connectivity index (χ4n) is 2.44. The summed E-state index contributed by atoms with van der Waals surface area (Å²) in [5.74, 6) is -0.925. The molecule has 0 fully saturated rings. The summed E-state index contributed by atoms with van der Waals surface area (Å²) in [5.41, 5.74) is 5.91. The molecule has 0 saturated heterocycles. The Bertz CT molecular complexity index is 1040. The minimum atomic E-state index is -0.526. The maximum Gasteiger partial charge on any atom is 0.355 e. The van der Waals surface area contributed by atoms with Gasteiger partial charge in [0, 0.05) is 11.6 Å². The number of rotatable bonds is 6. The number of benzene rings is 3. The molecule has 0 heterocycles. The summed E-state index contributed by atoms with van der Waals surface area (Å²) in [6.07, 6.45) is 3.00. The Morgan fingerprint density at radius 2 is 1.59 bits per heavy atom. The Labute approximate surface area is 168 Å². The van der Waals surface area contributed by atoms with E-state index in [2.05, 4.69) is 15.7 Å². The highest BCUT2D eigenvalue weighted by Gasteiger charge is 2.06. The molecule has 0 saturated carbocycles. The SMILES string of the molecule is Cc1ccccc1C(=O)N=Nc1ccc(NOC(=O)C=Cc2ccccc2)cc1. The smallest absolute Gasteiger partial charge is 0.339 e. The second kappa shape index (κ2) is 9.75. The van der Waals surface area contributed by atoms with Gasteiger partial charge in [-0.05, 0) is 54.5 Å². The molecule has 0 radical (unpaired) electrons. The average Bonchev–Trinajstić information content (AvgIpc) is 2.76. The lowest BCUT2D eigenvalue weighted by molar-refractivity contribution is -0.134. The molecule has 0 unspecified atom stereocenters. The second-order valence-electron chi connectivity index (χ2n) is 6.13. The van der Waals surface area contributed by atoms with E-state index in [0.29, 0.717) is 16.9 Å². The number of nitrogens with zero attached hydrogens (tertiary/aromatic N) is 2. The van der Waals surface area contributed by atoms with E-state index >= 15 is 0 Å². The zero-order chi connectivity index (χ0) is 20.5. The molecular weight excluding hydrogens is 366 g/mol. The standard InChI is InChI=1S/C23H19N3O3/c1-17-7-5-6-10-21(17)23(28)25-24-19-12-14-20(15-13-19)26-29-22(27)16-11-18-8-3-2-4-9-18/h2-16,26H,1H3. The minimum Gasteiger partial charge on any atom is -0.339 e. The lowest BCUT2D eigenvalue weighted by Gasteiger charge is -2.04. The van der Waals surface area contributed by atoms with Gasteiger partial charge < -0.3 is 4.84 Å². The van der Waals surface area contributed by atoms with E-state index in [1.54, 1.807) is 42.5 Å². The maximum atomic E-state index is 12.1. The van der Waals surface area contributed by atoms with Gasteiger partial charge in [-0.15, -0.1) is 10.2 Å². The Morgan fingerprint density at radius 1 is 0.897 bits per heavy atom. The number of hydrogen-bond donors (Lipinski definition) is 1. The largest absolute Gasteiger partial charge is 0.355 e. The van der Waals surface area contributed by atoms with E-state index in [-0.39, 0.29) is 0 Å². The summed E-state index contributed by atoms with van der Waals surface area (Å²) in [5, 5.41) is 7.71. The highest BCUT2D eigenvalue weighted by Crippen LogP contribution is 2.18. The quantitative estimate of drug-likeness (QED) is 0.345. The van der Waals surface area contributed by atoms with Gasteiger partial charge in [-0.2, -0.15) is 0 Å². The average molecular weight is 385 g/mol. The second-order valence-corrected chi connectivity index (χ2v) is 6.13. The molecule has 0 aliphatic heterocycles. The van der Waals surface area contributed by atoms with Crippen molar-refractivity contribution in [1.82, 2.24) is 0 Å². The van der Waals surface area contributed by atoms with Crippen LogP contribution in [0, 0.1) is 6.92 Å². The van der Waals surface area contributed by atoms with Gasteiger partial charge >= 0.3 is 5.97 Å². The van der Waals surface area contributed by atoms with Crippen molar-refractivity contribution in [2.24, 2.45) is 10.2 Å². The number of hydrogen-bond acceptors (Lipinski definition) is 5. The number of nitrogens with one attached hydrogen (secondary N) is 1. The number of aryl methyl sites for hydroxylation is 1. The van der Waals surface area contributed by atoms with Crippen molar-refractivity contribution in [3.05, 3.63) is 102 Å². The summed E-state index contributed by atoms with van der Waals surface area (Å²) < 4.78 is 0. The molecule has 0 atom stereocenters. The topological polar surface area (TPSA) is 80.1 Å². The Kier molecular flexibility index (Phi) is 6.62. The highest BCUT2D eigenvalue weighted by atomic mass is 16.7. The van der Waals surface area contributed by atoms with Gasteiger partial charge in [-0.3, -0.25) is 4.79 Å². The van der Waals surface area contributed by atoms with Gasteiger partial charge in [0.05, 0.1) is 11.4 Å². The lowest BCUT2D eigenvalue weighted by atomic mass is 10.1. The molecule has 0 aliphatic carbocycles. The van der Waals surface area contributed by atoms with Crippen LogP contribution in [-0.2, 0) is 9.63 Å². The first-order valence-corrected chi connectivity index (χ1v) is 8.93. The summed E-state index contributed by atoms with van der Waals surface area (Å²) in [4.78, 5) is 28.8. The van der Waals surface area contributed by atoms with Gasteiger partial charge in [0.15, 0.2) is 0 Å². The van der Waals surface area contributed by atoms with Crippen LogP contribution in [-0.4, -0.2) is 11.9 Å².